The molecule has 2 amide bonds. The van der Waals surface area contributed by atoms with E-state index in [1.165, 1.54) is 12.3 Å². The number of nitrogens with one attached hydrogen (secondary N) is 2. The van der Waals surface area contributed by atoms with Gasteiger partial charge >= 0.3 is 0 Å². The van der Waals surface area contributed by atoms with Crippen molar-refractivity contribution >= 4 is 34.0 Å². The van der Waals surface area contributed by atoms with Crippen molar-refractivity contribution in [1.82, 2.24) is 10.7 Å². The van der Waals surface area contributed by atoms with Crippen molar-refractivity contribution < 1.29 is 24.2 Å². The van der Waals surface area contributed by atoms with E-state index in [0.717, 1.165) is 0 Å². The van der Waals surface area contributed by atoms with Gasteiger partial charge in [0.25, 0.3) is 11.8 Å². The van der Waals surface area contributed by atoms with Gasteiger partial charge < -0.3 is 19.9 Å². The normalized spacial score (nSPS) is 13.5. The highest BCUT2D eigenvalue weighted by Crippen LogP contribution is 2.32. The minimum absolute atomic E-state index is 0.109. The van der Waals surface area contributed by atoms with Crippen molar-refractivity contribution in [2.45, 2.75) is 19.9 Å². The molecule has 0 aromatic heterocycles. The van der Waals surface area contributed by atoms with Gasteiger partial charge in [0.05, 0.1) is 10.7 Å². The third kappa shape index (κ3) is 5.05. The standard InChI is InChI=1S/C20H20BrN3O5/c1-11(2)18(20(27)24-22-9-12-3-5-15(25)14(21)7-12)23-19(26)13-4-6-16-17(8-13)29-10-28-16/h3-9,11,18,25H,10H2,1-2H3,(H,23,26)(H,24,27)/b22-9+/t18-/m1/s1. The summed E-state index contributed by atoms with van der Waals surface area (Å²) in [7, 11) is 0. The van der Waals surface area contributed by atoms with Crippen LogP contribution in [0.4, 0.5) is 0 Å². The maximum absolute atomic E-state index is 12.6. The largest absolute Gasteiger partial charge is 0.507 e. The van der Waals surface area contributed by atoms with Crippen molar-refractivity contribution in [2.75, 3.05) is 6.79 Å². The summed E-state index contributed by atoms with van der Waals surface area (Å²) in [6.07, 6.45) is 1.44. The summed E-state index contributed by atoms with van der Waals surface area (Å²) < 4.78 is 11.0. The van der Waals surface area contributed by atoms with E-state index in [2.05, 4.69) is 31.8 Å². The predicted molar refractivity (Wildman–Crippen MR) is 110 cm³/mol. The molecule has 1 aliphatic heterocycles. The number of rotatable bonds is 6. The second kappa shape index (κ2) is 8.95. The van der Waals surface area contributed by atoms with Gasteiger partial charge in [-0.3, -0.25) is 9.59 Å². The van der Waals surface area contributed by atoms with Gasteiger partial charge in [0.2, 0.25) is 6.79 Å². The summed E-state index contributed by atoms with van der Waals surface area (Å²) in [5.74, 6) is 0.179. The molecule has 2 aromatic rings. The molecular formula is C20H20BrN3O5. The van der Waals surface area contributed by atoms with E-state index < -0.39 is 17.9 Å². The summed E-state index contributed by atoms with van der Waals surface area (Å²) in [6.45, 7) is 3.77. The number of carbonyl (C=O) groups is 2. The molecule has 2 aromatic carbocycles. The number of ether oxygens (including phenoxy) is 2. The molecule has 1 heterocycles. The van der Waals surface area contributed by atoms with Crippen LogP contribution in [0.5, 0.6) is 17.2 Å². The zero-order chi connectivity index (χ0) is 21.0. The number of hydrogen-bond acceptors (Lipinski definition) is 6. The number of benzene rings is 2. The van der Waals surface area contributed by atoms with Gasteiger partial charge in [-0.15, -0.1) is 0 Å². The van der Waals surface area contributed by atoms with Crippen LogP contribution in [0.25, 0.3) is 0 Å². The number of hydrogen-bond donors (Lipinski definition) is 3. The van der Waals surface area contributed by atoms with Crippen LogP contribution in [-0.2, 0) is 4.79 Å². The monoisotopic (exact) mass is 461 g/mol. The number of aromatic hydroxyl groups is 1. The van der Waals surface area contributed by atoms with Gasteiger partial charge in [-0.05, 0) is 63.8 Å². The van der Waals surface area contributed by atoms with Crippen LogP contribution in [0, 0.1) is 5.92 Å². The summed E-state index contributed by atoms with van der Waals surface area (Å²) in [5.41, 5.74) is 3.49. The van der Waals surface area contributed by atoms with Gasteiger partial charge in [0, 0.05) is 5.56 Å². The van der Waals surface area contributed by atoms with Gasteiger partial charge in [-0.25, -0.2) is 5.43 Å². The molecule has 0 aliphatic carbocycles. The van der Waals surface area contributed by atoms with Crippen LogP contribution in [0.3, 0.4) is 0 Å². The molecule has 0 radical (unpaired) electrons. The second-order valence-corrected chi connectivity index (χ2v) is 7.56. The molecule has 1 aliphatic rings. The Morgan fingerprint density at radius 3 is 2.66 bits per heavy atom. The highest BCUT2D eigenvalue weighted by Gasteiger charge is 2.25. The van der Waals surface area contributed by atoms with Gasteiger partial charge in [-0.1, -0.05) is 13.8 Å². The van der Waals surface area contributed by atoms with Crippen molar-refractivity contribution in [3.05, 3.63) is 52.0 Å². The maximum atomic E-state index is 12.6. The quantitative estimate of drug-likeness (QED) is 0.452. The van der Waals surface area contributed by atoms with Crippen LogP contribution in [-0.4, -0.2) is 36.0 Å². The van der Waals surface area contributed by atoms with E-state index in [4.69, 9.17) is 9.47 Å². The van der Waals surface area contributed by atoms with Crippen molar-refractivity contribution in [3.63, 3.8) is 0 Å². The molecule has 29 heavy (non-hydrogen) atoms. The first kappa shape index (κ1) is 20.7. The summed E-state index contributed by atoms with van der Waals surface area (Å²) in [5, 5.41) is 16.2. The number of carbonyl (C=O) groups excluding carboxylic acids is 2. The fraction of sp³-hybridized carbons (Fsp3) is 0.250. The molecule has 0 unspecified atom stereocenters. The average Bonchev–Trinajstić information content (AvgIpc) is 3.16. The van der Waals surface area contributed by atoms with Crippen LogP contribution in [0.2, 0.25) is 0 Å². The Balaban J connectivity index is 1.64. The van der Waals surface area contributed by atoms with E-state index in [0.29, 0.717) is 27.1 Å². The average molecular weight is 462 g/mol. The number of hydrazone groups is 1. The Labute approximate surface area is 176 Å². The zero-order valence-corrected chi connectivity index (χ0v) is 17.4. The second-order valence-electron chi connectivity index (χ2n) is 6.71. The molecule has 3 N–H and O–H groups in total. The number of phenols is 1. The SMILES string of the molecule is CC(C)[C@@H](NC(=O)c1ccc2c(c1)OCO2)C(=O)N/N=C/c1ccc(O)c(Br)c1. The van der Waals surface area contributed by atoms with E-state index in [1.807, 2.05) is 13.8 Å². The smallest absolute Gasteiger partial charge is 0.262 e. The Morgan fingerprint density at radius 1 is 1.17 bits per heavy atom. The van der Waals surface area contributed by atoms with Crippen LogP contribution in [0.15, 0.2) is 46.0 Å². The Morgan fingerprint density at radius 2 is 1.93 bits per heavy atom. The fourth-order valence-electron chi connectivity index (χ4n) is 2.64. The highest BCUT2D eigenvalue weighted by atomic mass is 79.9. The Hall–Kier alpha value is -3.07. The van der Waals surface area contributed by atoms with Crippen LogP contribution < -0.4 is 20.2 Å². The van der Waals surface area contributed by atoms with Crippen molar-refractivity contribution in [1.29, 1.82) is 0 Å². The number of fused-ring (bicyclic) bond motifs is 1. The molecule has 0 saturated carbocycles. The van der Waals surface area contributed by atoms with Crippen LogP contribution in [0.1, 0.15) is 29.8 Å². The van der Waals surface area contributed by atoms with Gasteiger partial charge in [0.1, 0.15) is 11.8 Å². The lowest BCUT2D eigenvalue weighted by molar-refractivity contribution is -0.123. The molecule has 8 nitrogen and oxygen atoms in total. The zero-order valence-electron chi connectivity index (χ0n) is 15.8. The highest BCUT2D eigenvalue weighted by molar-refractivity contribution is 9.10. The number of amides is 2. The van der Waals surface area contributed by atoms with Gasteiger partial charge in [-0.2, -0.15) is 5.10 Å². The third-order valence-electron chi connectivity index (χ3n) is 4.23. The van der Waals surface area contributed by atoms with E-state index in [1.54, 1.807) is 30.3 Å². The minimum Gasteiger partial charge on any atom is -0.507 e. The fourth-order valence-corrected chi connectivity index (χ4v) is 3.04. The molecule has 0 bridgehead atoms. The van der Waals surface area contributed by atoms with Crippen molar-refractivity contribution in [3.8, 4) is 17.2 Å². The van der Waals surface area contributed by atoms with E-state index >= 15 is 0 Å². The summed E-state index contributed by atoms with van der Waals surface area (Å²) in [4.78, 5) is 25.1. The minimum atomic E-state index is -0.781. The molecule has 0 fully saturated rings. The maximum Gasteiger partial charge on any atom is 0.262 e. The summed E-state index contributed by atoms with van der Waals surface area (Å²) >= 11 is 3.21. The first-order valence-electron chi connectivity index (χ1n) is 8.87. The molecule has 0 spiro atoms. The van der Waals surface area contributed by atoms with Gasteiger partial charge in [0.15, 0.2) is 11.5 Å². The topological polar surface area (TPSA) is 109 Å². The molecule has 152 valence electrons. The molecule has 9 heteroatoms. The first-order chi connectivity index (χ1) is 13.8. The molecule has 1 atom stereocenters. The molecule has 3 rings (SSSR count). The first-order valence-corrected chi connectivity index (χ1v) is 9.66. The Bertz CT molecular complexity index is 961. The lowest BCUT2D eigenvalue weighted by Gasteiger charge is -2.20. The number of phenolic OH excluding ortho intramolecular Hbond substituents is 1. The predicted octanol–water partition coefficient (Wildman–Crippen LogP) is 2.79. The lowest BCUT2D eigenvalue weighted by Crippen LogP contribution is -2.48. The number of halogens is 1. The van der Waals surface area contributed by atoms with E-state index in [-0.39, 0.29) is 18.5 Å². The molecule has 0 saturated heterocycles. The summed E-state index contributed by atoms with van der Waals surface area (Å²) in [6, 6.07) is 8.88. The lowest BCUT2D eigenvalue weighted by atomic mass is 10.0. The Kier molecular flexibility index (Phi) is 6.38. The number of nitrogens with zero attached hydrogens (tertiary/aromatic N) is 1. The van der Waals surface area contributed by atoms with Crippen LogP contribution >= 0.6 is 15.9 Å². The third-order valence-corrected chi connectivity index (χ3v) is 4.87. The molecular weight excluding hydrogens is 442 g/mol. The van der Waals surface area contributed by atoms with E-state index in [9.17, 15) is 14.7 Å². The van der Waals surface area contributed by atoms with Crippen molar-refractivity contribution in [2.24, 2.45) is 11.0 Å².